The normalized spacial score (nSPS) is 13.7. The molecule has 4 heterocycles. The van der Waals surface area contributed by atoms with Crippen molar-refractivity contribution in [2.45, 2.75) is 19.3 Å². The Bertz CT molecular complexity index is 1630. The number of aromatic amines is 1. The number of nitrogens with one attached hydrogen (secondary N) is 2. The van der Waals surface area contributed by atoms with Crippen LogP contribution in [0.5, 0.6) is 0 Å². The lowest BCUT2D eigenvalue weighted by Crippen LogP contribution is -2.48. The molecule has 0 aliphatic carbocycles. The molecule has 2 aromatic carbocycles. The van der Waals surface area contributed by atoms with Crippen molar-refractivity contribution in [2.75, 3.05) is 36.4 Å². The van der Waals surface area contributed by atoms with Gasteiger partial charge in [0.25, 0.3) is 0 Å². The molecule has 3 aromatic heterocycles. The molecule has 0 spiro atoms. The van der Waals surface area contributed by atoms with E-state index in [0.29, 0.717) is 25.3 Å². The van der Waals surface area contributed by atoms with E-state index in [1.54, 1.807) is 12.4 Å². The van der Waals surface area contributed by atoms with E-state index in [4.69, 9.17) is 10.1 Å². The second-order valence-electron chi connectivity index (χ2n) is 9.59. The Morgan fingerprint density at radius 2 is 1.85 bits per heavy atom. The molecule has 1 amide bonds. The fourth-order valence-electron chi connectivity index (χ4n) is 4.91. The molecule has 0 radical (unpaired) electrons. The third-order valence-corrected chi connectivity index (χ3v) is 7.02. The van der Waals surface area contributed by atoms with Gasteiger partial charge in [-0.25, -0.2) is 9.97 Å². The number of imidazole rings is 1. The summed E-state index contributed by atoms with van der Waals surface area (Å²) in [6, 6.07) is 14.2. The summed E-state index contributed by atoms with van der Waals surface area (Å²) in [5.41, 5.74) is 5.44. The van der Waals surface area contributed by atoms with Gasteiger partial charge in [-0.2, -0.15) is 5.10 Å². The molecule has 0 unspecified atom stereocenters. The highest BCUT2D eigenvalue weighted by Crippen LogP contribution is 2.27. The van der Waals surface area contributed by atoms with Crippen LogP contribution in [0.2, 0.25) is 0 Å². The van der Waals surface area contributed by atoms with Crippen LogP contribution in [0.3, 0.4) is 0 Å². The molecule has 11 nitrogen and oxygen atoms in total. The number of hydrogen-bond acceptors (Lipinski definition) is 7. The largest absolute Gasteiger partial charge is 0.481 e. The molecule has 5 aromatic rings. The molecular formula is C28H28N8O3. The van der Waals surface area contributed by atoms with Gasteiger partial charge in [-0.05, 0) is 36.8 Å². The fourth-order valence-corrected chi connectivity index (χ4v) is 4.91. The number of amides is 1. The molecule has 1 aliphatic rings. The third kappa shape index (κ3) is 5.24. The number of benzene rings is 2. The molecule has 0 bridgehead atoms. The summed E-state index contributed by atoms with van der Waals surface area (Å²) < 4.78 is 1.96. The number of carbonyl (C=O) groups is 2. The first-order valence-corrected chi connectivity index (χ1v) is 12.9. The van der Waals surface area contributed by atoms with Gasteiger partial charge in [-0.1, -0.05) is 12.1 Å². The molecular weight excluding hydrogens is 496 g/mol. The quantitative estimate of drug-likeness (QED) is 0.278. The molecule has 3 N–H and O–H groups in total. The van der Waals surface area contributed by atoms with E-state index in [1.807, 2.05) is 52.0 Å². The fraction of sp³-hybridized carbons (Fsp3) is 0.250. The molecule has 1 aliphatic heterocycles. The number of nitrogens with zero attached hydrogens (tertiary/aromatic N) is 6. The van der Waals surface area contributed by atoms with E-state index >= 15 is 0 Å². The number of anilines is 3. The van der Waals surface area contributed by atoms with Crippen molar-refractivity contribution in [3.8, 4) is 11.3 Å². The highest BCUT2D eigenvalue weighted by atomic mass is 16.4. The van der Waals surface area contributed by atoms with Gasteiger partial charge in [0.2, 0.25) is 5.91 Å². The van der Waals surface area contributed by atoms with Crippen LogP contribution in [-0.4, -0.2) is 72.6 Å². The van der Waals surface area contributed by atoms with Gasteiger partial charge in [-0.15, -0.1) is 0 Å². The Kier molecular flexibility index (Phi) is 6.54. The highest BCUT2D eigenvalue weighted by Gasteiger charge is 2.21. The Hall–Kier alpha value is -4.93. The van der Waals surface area contributed by atoms with Crippen LogP contribution in [0.25, 0.3) is 27.8 Å². The van der Waals surface area contributed by atoms with E-state index in [9.17, 15) is 9.59 Å². The van der Waals surface area contributed by atoms with Crippen LogP contribution >= 0.6 is 0 Å². The SMILES string of the molecule is O=C(O)CCCC(=O)N1CCN(c2ccc(Nc3nc(-c4ccc5cn[nH]c5c4)cn4ccnc34)cc2)CC1. The number of rotatable bonds is 8. The Labute approximate surface area is 224 Å². The smallest absolute Gasteiger partial charge is 0.303 e. The van der Waals surface area contributed by atoms with Crippen molar-refractivity contribution in [2.24, 2.45) is 0 Å². The summed E-state index contributed by atoms with van der Waals surface area (Å²) >= 11 is 0. The standard InChI is InChI=1S/C28H28N8O3/c37-25(2-1-3-26(38)39)35-14-12-34(13-15-35)22-8-6-21(7-9-22)31-27-28-29-10-11-36(28)18-24(32-27)19-4-5-20-17-30-33-23(20)16-19/h4-11,16-18H,1-3,12-15H2,(H,30,33)(H,31,32)(H,38,39). The highest BCUT2D eigenvalue weighted by molar-refractivity contribution is 5.84. The predicted molar refractivity (Wildman–Crippen MR) is 148 cm³/mol. The zero-order valence-corrected chi connectivity index (χ0v) is 21.2. The first-order chi connectivity index (χ1) is 19.0. The van der Waals surface area contributed by atoms with E-state index in [0.717, 1.165) is 52.3 Å². The Morgan fingerprint density at radius 1 is 1.03 bits per heavy atom. The van der Waals surface area contributed by atoms with E-state index < -0.39 is 5.97 Å². The maximum absolute atomic E-state index is 12.4. The topological polar surface area (TPSA) is 132 Å². The third-order valence-electron chi connectivity index (χ3n) is 7.02. The maximum atomic E-state index is 12.4. The van der Waals surface area contributed by atoms with Crippen molar-refractivity contribution in [3.63, 3.8) is 0 Å². The van der Waals surface area contributed by atoms with Gasteiger partial charge in [0, 0.05) is 79.9 Å². The number of carboxylic acid groups (broad SMARTS) is 1. The van der Waals surface area contributed by atoms with E-state index in [2.05, 4.69) is 37.5 Å². The van der Waals surface area contributed by atoms with Crippen LogP contribution in [0, 0.1) is 0 Å². The number of piperazine rings is 1. The van der Waals surface area contributed by atoms with E-state index in [1.165, 1.54) is 0 Å². The number of aliphatic carboxylic acids is 1. The predicted octanol–water partition coefficient (Wildman–Crippen LogP) is 3.92. The molecule has 0 saturated carbocycles. The summed E-state index contributed by atoms with van der Waals surface area (Å²) in [4.78, 5) is 36.5. The lowest BCUT2D eigenvalue weighted by molar-refractivity contribution is -0.137. The zero-order chi connectivity index (χ0) is 26.8. The molecule has 39 heavy (non-hydrogen) atoms. The van der Waals surface area contributed by atoms with Crippen molar-refractivity contribution in [1.29, 1.82) is 0 Å². The number of H-pyrrole nitrogens is 1. The minimum Gasteiger partial charge on any atom is -0.481 e. The second kappa shape index (κ2) is 10.4. The van der Waals surface area contributed by atoms with Gasteiger partial charge >= 0.3 is 5.97 Å². The number of aromatic nitrogens is 5. The monoisotopic (exact) mass is 524 g/mol. The van der Waals surface area contributed by atoms with Gasteiger partial charge in [0.1, 0.15) is 0 Å². The Balaban J connectivity index is 1.13. The van der Waals surface area contributed by atoms with Crippen molar-refractivity contribution >= 4 is 45.6 Å². The molecule has 1 saturated heterocycles. The minimum atomic E-state index is -0.865. The van der Waals surface area contributed by atoms with Crippen LogP contribution in [0.4, 0.5) is 17.2 Å². The number of fused-ring (bicyclic) bond motifs is 2. The molecule has 1 fully saturated rings. The van der Waals surface area contributed by atoms with Crippen LogP contribution in [0.15, 0.2) is 67.3 Å². The Morgan fingerprint density at radius 3 is 2.64 bits per heavy atom. The average molecular weight is 525 g/mol. The van der Waals surface area contributed by atoms with Crippen molar-refractivity contribution in [3.05, 3.63) is 67.3 Å². The maximum Gasteiger partial charge on any atom is 0.303 e. The second-order valence-corrected chi connectivity index (χ2v) is 9.59. The van der Waals surface area contributed by atoms with Crippen LogP contribution in [-0.2, 0) is 9.59 Å². The summed E-state index contributed by atoms with van der Waals surface area (Å²) in [5.74, 6) is -0.180. The van der Waals surface area contributed by atoms with Crippen molar-refractivity contribution < 1.29 is 14.7 Å². The van der Waals surface area contributed by atoms with Crippen molar-refractivity contribution in [1.82, 2.24) is 29.5 Å². The molecule has 0 atom stereocenters. The summed E-state index contributed by atoms with van der Waals surface area (Å²) in [5, 5.41) is 20.4. The summed E-state index contributed by atoms with van der Waals surface area (Å²) in [7, 11) is 0. The van der Waals surface area contributed by atoms with Gasteiger partial charge in [-0.3, -0.25) is 14.7 Å². The lowest BCUT2D eigenvalue weighted by Gasteiger charge is -2.36. The zero-order valence-electron chi connectivity index (χ0n) is 21.2. The van der Waals surface area contributed by atoms with Gasteiger partial charge in [0.15, 0.2) is 11.5 Å². The lowest BCUT2D eigenvalue weighted by atomic mass is 10.1. The average Bonchev–Trinajstić information content (AvgIpc) is 3.63. The van der Waals surface area contributed by atoms with E-state index in [-0.39, 0.29) is 18.7 Å². The summed E-state index contributed by atoms with van der Waals surface area (Å²) in [6.45, 7) is 2.72. The first kappa shape index (κ1) is 24.4. The van der Waals surface area contributed by atoms with Crippen LogP contribution in [0.1, 0.15) is 19.3 Å². The van der Waals surface area contributed by atoms with Gasteiger partial charge < -0.3 is 24.6 Å². The minimum absolute atomic E-state index is 0.0267. The summed E-state index contributed by atoms with van der Waals surface area (Å²) in [6.07, 6.45) is 8.11. The number of carboxylic acids is 1. The van der Waals surface area contributed by atoms with Gasteiger partial charge in [0.05, 0.1) is 17.4 Å². The first-order valence-electron chi connectivity index (χ1n) is 12.9. The molecule has 11 heteroatoms. The number of carbonyl (C=O) groups excluding carboxylic acids is 1. The number of hydrogen-bond donors (Lipinski definition) is 3. The molecule has 6 rings (SSSR count). The molecule has 198 valence electrons. The van der Waals surface area contributed by atoms with Crippen LogP contribution < -0.4 is 10.2 Å².